The number of nitrogens with zero attached hydrogens (tertiary/aromatic N) is 1. The second-order valence-electron chi connectivity index (χ2n) is 4.47. The molecule has 1 unspecified atom stereocenters. The van der Waals surface area contributed by atoms with Crippen LogP contribution in [0.25, 0.3) is 0 Å². The van der Waals surface area contributed by atoms with Gasteiger partial charge >= 0.3 is 0 Å². The minimum absolute atomic E-state index is 0.0756. The molecule has 1 aromatic rings. The first-order valence-corrected chi connectivity index (χ1v) is 6.21. The van der Waals surface area contributed by atoms with Gasteiger partial charge in [0.25, 0.3) is 0 Å². The number of rotatable bonds is 3. The number of hydrogen-bond acceptors (Lipinski definition) is 2. The van der Waals surface area contributed by atoms with E-state index in [9.17, 15) is 4.79 Å². The zero-order valence-electron chi connectivity index (χ0n) is 10.0. The number of halogens is 1. The van der Waals surface area contributed by atoms with Crippen molar-refractivity contribution < 1.29 is 9.53 Å². The first kappa shape index (κ1) is 12.2. The van der Waals surface area contributed by atoms with Crippen LogP contribution in [-0.4, -0.2) is 23.9 Å². The second-order valence-corrected chi connectivity index (χ2v) is 5.09. The van der Waals surface area contributed by atoms with Gasteiger partial charge in [-0.15, -0.1) is 11.6 Å². The topological polar surface area (TPSA) is 29.5 Å². The summed E-state index contributed by atoms with van der Waals surface area (Å²) in [6, 6.07) is 7.57. The molecular formula is C13H16ClNO2. The number of carbonyl (C=O) groups excluding carboxylic acids is 1. The molecule has 2 rings (SSSR count). The van der Waals surface area contributed by atoms with Gasteiger partial charge in [-0.1, -0.05) is 6.07 Å². The quantitative estimate of drug-likeness (QED) is 0.776. The number of anilines is 1. The highest BCUT2D eigenvalue weighted by atomic mass is 35.5. The molecular weight excluding hydrogens is 238 g/mol. The van der Waals surface area contributed by atoms with Gasteiger partial charge in [0.1, 0.15) is 5.75 Å². The third kappa shape index (κ3) is 2.91. The molecule has 1 saturated heterocycles. The number of carbonyl (C=O) groups is 1. The fourth-order valence-electron chi connectivity index (χ4n) is 1.91. The third-order valence-corrected chi connectivity index (χ3v) is 2.87. The highest BCUT2D eigenvalue weighted by molar-refractivity contribution is 6.24. The van der Waals surface area contributed by atoms with Gasteiger partial charge in [0, 0.05) is 24.7 Å². The lowest BCUT2D eigenvalue weighted by Gasteiger charge is -2.17. The number of hydrogen-bond donors (Lipinski definition) is 0. The van der Waals surface area contributed by atoms with Gasteiger partial charge in [-0.3, -0.25) is 4.79 Å². The van der Waals surface area contributed by atoms with Crippen LogP contribution < -0.4 is 9.64 Å². The SMILES string of the molecule is CC(C)Oc1cccc(N2CC(Cl)CC2=O)c1. The van der Waals surface area contributed by atoms with Crippen molar-refractivity contribution in [1.82, 2.24) is 0 Å². The molecule has 0 N–H and O–H groups in total. The van der Waals surface area contributed by atoms with Crippen molar-refractivity contribution in [1.29, 1.82) is 0 Å². The molecule has 1 aliphatic rings. The van der Waals surface area contributed by atoms with Crippen LogP contribution in [0, 0.1) is 0 Å². The normalized spacial score (nSPS) is 20.1. The fraction of sp³-hybridized carbons (Fsp3) is 0.462. The molecule has 1 aliphatic heterocycles. The molecule has 17 heavy (non-hydrogen) atoms. The van der Waals surface area contributed by atoms with Crippen LogP contribution in [0.1, 0.15) is 20.3 Å². The Hall–Kier alpha value is -1.22. The van der Waals surface area contributed by atoms with Crippen molar-refractivity contribution in [2.24, 2.45) is 0 Å². The maximum atomic E-state index is 11.7. The maximum absolute atomic E-state index is 11.7. The number of benzene rings is 1. The van der Waals surface area contributed by atoms with Crippen LogP contribution in [-0.2, 0) is 4.79 Å². The Kier molecular flexibility index (Phi) is 3.57. The molecule has 1 aromatic carbocycles. The second kappa shape index (κ2) is 4.96. The molecule has 4 heteroatoms. The lowest BCUT2D eigenvalue weighted by Crippen LogP contribution is -2.24. The average molecular weight is 254 g/mol. The summed E-state index contributed by atoms with van der Waals surface area (Å²) in [5.74, 6) is 0.856. The Morgan fingerprint density at radius 2 is 2.24 bits per heavy atom. The van der Waals surface area contributed by atoms with Crippen LogP contribution in [0.5, 0.6) is 5.75 Å². The van der Waals surface area contributed by atoms with E-state index < -0.39 is 0 Å². The number of amides is 1. The molecule has 0 spiro atoms. The van der Waals surface area contributed by atoms with E-state index in [0.717, 1.165) is 11.4 Å². The highest BCUT2D eigenvalue weighted by Crippen LogP contribution is 2.27. The van der Waals surface area contributed by atoms with Crippen molar-refractivity contribution in [3.05, 3.63) is 24.3 Å². The van der Waals surface area contributed by atoms with E-state index >= 15 is 0 Å². The predicted octanol–water partition coefficient (Wildman–Crippen LogP) is 2.82. The summed E-state index contributed by atoms with van der Waals surface area (Å²) in [7, 11) is 0. The molecule has 0 aliphatic carbocycles. The van der Waals surface area contributed by atoms with Crippen LogP contribution >= 0.6 is 11.6 Å². The lowest BCUT2D eigenvalue weighted by atomic mass is 10.2. The number of ether oxygens (including phenoxy) is 1. The van der Waals surface area contributed by atoms with Crippen molar-refractivity contribution in [3.8, 4) is 5.75 Å². The van der Waals surface area contributed by atoms with Gasteiger partial charge in [-0.2, -0.15) is 0 Å². The molecule has 92 valence electrons. The third-order valence-electron chi connectivity index (χ3n) is 2.58. The standard InChI is InChI=1S/C13H16ClNO2/c1-9(2)17-12-5-3-4-11(7-12)15-8-10(14)6-13(15)16/h3-5,7,9-10H,6,8H2,1-2H3. The Bertz CT molecular complexity index is 420. The molecule has 0 bridgehead atoms. The van der Waals surface area contributed by atoms with E-state index in [-0.39, 0.29) is 17.4 Å². The van der Waals surface area contributed by atoms with Crippen molar-refractivity contribution in [2.75, 3.05) is 11.4 Å². The molecule has 3 nitrogen and oxygen atoms in total. The summed E-state index contributed by atoms with van der Waals surface area (Å²) in [6.45, 7) is 4.52. The Morgan fingerprint density at radius 3 is 2.82 bits per heavy atom. The molecule has 1 heterocycles. The fourth-order valence-corrected chi connectivity index (χ4v) is 2.18. The summed E-state index contributed by atoms with van der Waals surface area (Å²) < 4.78 is 5.61. The van der Waals surface area contributed by atoms with Crippen molar-refractivity contribution in [2.45, 2.75) is 31.7 Å². The van der Waals surface area contributed by atoms with Gasteiger partial charge in [0.05, 0.1) is 11.5 Å². The predicted molar refractivity (Wildman–Crippen MR) is 68.8 cm³/mol. The van der Waals surface area contributed by atoms with Gasteiger partial charge in [0.15, 0.2) is 0 Å². The lowest BCUT2D eigenvalue weighted by molar-refractivity contribution is -0.117. The first-order valence-electron chi connectivity index (χ1n) is 5.77. The summed E-state index contributed by atoms with van der Waals surface area (Å²) in [5.41, 5.74) is 0.858. The van der Waals surface area contributed by atoms with Gasteiger partial charge < -0.3 is 9.64 Å². The zero-order valence-corrected chi connectivity index (χ0v) is 10.8. The van der Waals surface area contributed by atoms with Gasteiger partial charge in [0.2, 0.25) is 5.91 Å². The first-order chi connectivity index (χ1) is 8.06. The molecule has 0 aromatic heterocycles. The Balaban J connectivity index is 2.18. The Morgan fingerprint density at radius 1 is 1.47 bits per heavy atom. The summed E-state index contributed by atoms with van der Waals surface area (Å²) in [5, 5.41) is -0.0860. The van der Waals surface area contributed by atoms with E-state index in [1.165, 1.54) is 0 Å². The van der Waals surface area contributed by atoms with E-state index in [1.54, 1.807) is 4.90 Å². The van der Waals surface area contributed by atoms with Crippen LogP contribution in [0.3, 0.4) is 0 Å². The molecule has 1 atom stereocenters. The summed E-state index contributed by atoms with van der Waals surface area (Å²) in [6.07, 6.45) is 0.539. The van der Waals surface area contributed by atoms with E-state index in [1.807, 2.05) is 38.1 Å². The van der Waals surface area contributed by atoms with Crippen molar-refractivity contribution in [3.63, 3.8) is 0 Å². The summed E-state index contributed by atoms with van der Waals surface area (Å²) in [4.78, 5) is 13.4. The average Bonchev–Trinajstić information content (AvgIpc) is 2.57. The van der Waals surface area contributed by atoms with Crippen molar-refractivity contribution >= 4 is 23.2 Å². The molecule has 0 saturated carbocycles. The highest BCUT2D eigenvalue weighted by Gasteiger charge is 2.29. The van der Waals surface area contributed by atoms with E-state index in [2.05, 4.69) is 0 Å². The maximum Gasteiger partial charge on any atom is 0.228 e. The smallest absolute Gasteiger partial charge is 0.228 e. The zero-order chi connectivity index (χ0) is 12.4. The molecule has 1 amide bonds. The monoisotopic (exact) mass is 253 g/mol. The van der Waals surface area contributed by atoms with E-state index in [4.69, 9.17) is 16.3 Å². The Labute approximate surface area is 106 Å². The van der Waals surface area contributed by atoms with Crippen LogP contribution in [0.15, 0.2) is 24.3 Å². The van der Waals surface area contributed by atoms with Gasteiger partial charge in [-0.05, 0) is 26.0 Å². The van der Waals surface area contributed by atoms with E-state index in [0.29, 0.717) is 13.0 Å². The van der Waals surface area contributed by atoms with Gasteiger partial charge in [-0.25, -0.2) is 0 Å². The van der Waals surface area contributed by atoms with Crippen LogP contribution in [0.2, 0.25) is 0 Å². The number of alkyl halides is 1. The van der Waals surface area contributed by atoms with Crippen LogP contribution in [0.4, 0.5) is 5.69 Å². The molecule has 0 radical (unpaired) electrons. The minimum Gasteiger partial charge on any atom is -0.491 e. The minimum atomic E-state index is -0.0860. The largest absolute Gasteiger partial charge is 0.491 e. The summed E-state index contributed by atoms with van der Waals surface area (Å²) >= 11 is 5.98. The molecule has 1 fully saturated rings.